The van der Waals surface area contributed by atoms with Gasteiger partial charge in [0.2, 0.25) is 0 Å². The Bertz CT molecular complexity index is 725. The summed E-state index contributed by atoms with van der Waals surface area (Å²) >= 11 is 0. The van der Waals surface area contributed by atoms with Crippen LogP contribution in [-0.2, 0) is 25.6 Å². The maximum atomic E-state index is 11.8. The number of hydroxylamine groups is 2. The van der Waals surface area contributed by atoms with Gasteiger partial charge in [0.1, 0.15) is 0 Å². The quantitative estimate of drug-likeness (QED) is 0.796. The smallest absolute Gasteiger partial charge is 0.330 e. The number of rotatable bonds is 3. The number of benzene rings is 1. The van der Waals surface area contributed by atoms with Gasteiger partial charge in [-0.05, 0) is 23.8 Å². The maximum absolute atomic E-state index is 11.8. The molecule has 2 amide bonds. The number of hydrogen-bond acceptors (Lipinski definition) is 5. The van der Waals surface area contributed by atoms with Crippen LogP contribution in [0.15, 0.2) is 36.5 Å². The highest BCUT2D eigenvalue weighted by Gasteiger charge is 2.32. The van der Waals surface area contributed by atoms with E-state index >= 15 is 0 Å². The van der Waals surface area contributed by atoms with Crippen LogP contribution in [0, 0.1) is 0 Å². The molecule has 106 valence electrons. The van der Waals surface area contributed by atoms with E-state index in [1.54, 1.807) is 12.3 Å². The molecule has 0 saturated carbocycles. The number of imide groups is 1. The summed E-state index contributed by atoms with van der Waals surface area (Å²) in [5, 5.41) is 1.47. The zero-order valence-electron chi connectivity index (χ0n) is 11.1. The van der Waals surface area contributed by atoms with Gasteiger partial charge < -0.3 is 4.84 Å². The second kappa shape index (κ2) is 5.32. The molecule has 0 atom stereocenters. The Morgan fingerprint density at radius 1 is 1.19 bits per heavy atom. The fraction of sp³-hybridized carbons (Fsp3) is 0.200. The van der Waals surface area contributed by atoms with E-state index < -0.39 is 17.8 Å². The summed E-state index contributed by atoms with van der Waals surface area (Å²) in [5.74, 6) is -1.59. The summed E-state index contributed by atoms with van der Waals surface area (Å²) in [6, 6.07) is 9.11. The Morgan fingerprint density at radius 2 is 1.95 bits per heavy atom. The number of pyridine rings is 1. The van der Waals surface area contributed by atoms with E-state index in [2.05, 4.69) is 4.98 Å². The number of carbonyl (C=O) groups excluding carboxylic acids is 3. The van der Waals surface area contributed by atoms with Crippen LogP contribution in [0.25, 0.3) is 10.9 Å². The Labute approximate surface area is 120 Å². The van der Waals surface area contributed by atoms with Crippen LogP contribution in [0.3, 0.4) is 0 Å². The molecular formula is C15H12N2O4. The summed E-state index contributed by atoms with van der Waals surface area (Å²) in [4.78, 5) is 43.6. The minimum atomic E-state index is -0.637. The molecule has 1 saturated heterocycles. The fourth-order valence-corrected chi connectivity index (χ4v) is 2.19. The third-order valence-electron chi connectivity index (χ3n) is 3.21. The summed E-state index contributed by atoms with van der Waals surface area (Å²) in [6.07, 6.45) is 1.87. The first-order chi connectivity index (χ1) is 10.1. The Kier molecular flexibility index (Phi) is 3.35. The van der Waals surface area contributed by atoms with Crippen molar-refractivity contribution < 1.29 is 19.2 Å². The third kappa shape index (κ3) is 2.74. The van der Waals surface area contributed by atoms with Gasteiger partial charge in [0.25, 0.3) is 11.8 Å². The van der Waals surface area contributed by atoms with E-state index in [-0.39, 0.29) is 19.3 Å². The number of fused-ring (bicyclic) bond motifs is 1. The van der Waals surface area contributed by atoms with Crippen LogP contribution in [0.4, 0.5) is 0 Å². The lowest BCUT2D eigenvalue weighted by Gasteiger charge is -2.12. The molecule has 2 aromatic rings. The molecule has 1 aliphatic heterocycles. The Balaban J connectivity index is 1.71. The average molecular weight is 284 g/mol. The highest BCUT2D eigenvalue weighted by Crippen LogP contribution is 2.16. The van der Waals surface area contributed by atoms with E-state index in [0.717, 1.165) is 16.5 Å². The van der Waals surface area contributed by atoms with E-state index in [1.165, 1.54) is 0 Å². The summed E-state index contributed by atoms with van der Waals surface area (Å²) in [7, 11) is 0. The van der Waals surface area contributed by atoms with Crippen molar-refractivity contribution >= 4 is 28.7 Å². The molecule has 0 bridgehead atoms. The SMILES string of the molecule is O=C(Cc1ccc2ncccc2c1)ON1C(=O)CCC1=O. The number of carbonyl (C=O) groups is 3. The van der Waals surface area contributed by atoms with Crippen LogP contribution in [0.2, 0.25) is 0 Å². The van der Waals surface area contributed by atoms with Crippen molar-refractivity contribution in [2.24, 2.45) is 0 Å². The van der Waals surface area contributed by atoms with Crippen LogP contribution in [0.1, 0.15) is 18.4 Å². The third-order valence-corrected chi connectivity index (χ3v) is 3.21. The lowest BCUT2D eigenvalue weighted by Crippen LogP contribution is -2.32. The molecule has 1 aliphatic rings. The minimum Gasteiger partial charge on any atom is -0.330 e. The highest BCUT2D eigenvalue weighted by atomic mass is 16.7. The van der Waals surface area contributed by atoms with E-state index in [4.69, 9.17) is 4.84 Å². The number of amides is 2. The van der Waals surface area contributed by atoms with Crippen molar-refractivity contribution in [3.05, 3.63) is 42.1 Å². The predicted octanol–water partition coefficient (Wildman–Crippen LogP) is 1.38. The van der Waals surface area contributed by atoms with Gasteiger partial charge in [-0.1, -0.05) is 12.1 Å². The van der Waals surface area contributed by atoms with Gasteiger partial charge in [-0.2, -0.15) is 0 Å². The van der Waals surface area contributed by atoms with Crippen LogP contribution in [0.5, 0.6) is 0 Å². The van der Waals surface area contributed by atoms with Gasteiger partial charge in [0.05, 0.1) is 11.9 Å². The molecule has 6 nitrogen and oxygen atoms in total. The van der Waals surface area contributed by atoms with Gasteiger partial charge in [0.15, 0.2) is 0 Å². The molecule has 6 heteroatoms. The monoisotopic (exact) mass is 284 g/mol. The molecule has 1 aromatic carbocycles. The zero-order chi connectivity index (χ0) is 14.8. The lowest BCUT2D eigenvalue weighted by atomic mass is 10.1. The minimum absolute atomic E-state index is 0.0120. The summed E-state index contributed by atoms with van der Waals surface area (Å²) < 4.78 is 0. The largest absolute Gasteiger partial charge is 0.337 e. The molecule has 0 N–H and O–H groups in total. The van der Waals surface area contributed by atoms with Crippen molar-refractivity contribution in [3.63, 3.8) is 0 Å². The van der Waals surface area contributed by atoms with Gasteiger partial charge in [-0.25, -0.2) is 4.79 Å². The molecule has 3 rings (SSSR count). The van der Waals surface area contributed by atoms with Crippen LogP contribution >= 0.6 is 0 Å². The van der Waals surface area contributed by atoms with E-state index in [0.29, 0.717) is 5.06 Å². The predicted molar refractivity (Wildman–Crippen MR) is 72.6 cm³/mol. The summed E-state index contributed by atoms with van der Waals surface area (Å²) in [6.45, 7) is 0. The molecule has 0 aliphatic carbocycles. The average Bonchev–Trinajstić information content (AvgIpc) is 2.79. The maximum Gasteiger partial charge on any atom is 0.337 e. The number of hydrogen-bond donors (Lipinski definition) is 0. The molecule has 1 fully saturated rings. The molecule has 21 heavy (non-hydrogen) atoms. The Morgan fingerprint density at radius 3 is 2.71 bits per heavy atom. The van der Waals surface area contributed by atoms with Crippen LogP contribution < -0.4 is 0 Å². The first-order valence-corrected chi connectivity index (χ1v) is 6.54. The molecule has 0 unspecified atom stereocenters. The molecular weight excluding hydrogens is 272 g/mol. The topological polar surface area (TPSA) is 76.6 Å². The van der Waals surface area contributed by atoms with Crippen molar-refractivity contribution in [1.29, 1.82) is 0 Å². The standard InChI is InChI=1S/C15H12N2O4/c18-13-5-6-14(19)17(13)21-15(20)9-10-3-4-12-11(8-10)2-1-7-16-12/h1-4,7-8H,5-6,9H2. The number of nitrogens with zero attached hydrogens (tertiary/aromatic N) is 2. The zero-order valence-corrected chi connectivity index (χ0v) is 11.1. The van der Waals surface area contributed by atoms with E-state index in [1.807, 2.05) is 24.3 Å². The first-order valence-electron chi connectivity index (χ1n) is 6.54. The van der Waals surface area contributed by atoms with E-state index in [9.17, 15) is 14.4 Å². The number of aromatic nitrogens is 1. The highest BCUT2D eigenvalue weighted by molar-refractivity contribution is 6.01. The van der Waals surface area contributed by atoms with Crippen molar-refractivity contribution in [3.8, 4) is 0 Å². The van der Waals surface area contributed by atoms with Crippen molar-refractivity contribution in [2.45, 2.75) is 19.3 Å². The fourth-order valence-electron chi connectivity index (χ4n) is 2.19. The van der Waals surface area contributed by atoms with Gasteiger partial charge in [0, 0.05) is 24.4 Å². The first kappa shape index (κ1) is 13.2. The molecule has 0 radical (unpaired) electrons. The van der Waals surface area contributed by atoms with Crippen LogP contribution in [-0.4, -0.2) is 27.8 Å². The summed E-state index contributed by atoms with van der Waals surface area (Å²) in [5.41, 5.74) is 1.57. The van der Waals surface area contributed by atoms with Gasteiger partial charge >= 0.3 is 5.97 Å². The second-order valence-corrected chi connectivity index (χ2v) is 4.75. The molecule has 1 aromatic heterocycles. The second-order valence-electron chi connectivity index (χ2n) is 4.75. The Hall–Kier alpha value is -2.76. The molecule has 0 spiro atoms. The van der Waals surface area contributed by atoms with Crippen molar-refractivity contribution in [2.75, 3.05) is 0 Å². The molecule has 2 heterocycles. The van der Waals surface area contributed by atoms with Crippen molar-refractivity contribution in [1.82, 2.24) is 10.0 Å². The normalized spacial score (nSPS) is 14.8. The van der Waals surface area contributed by atoms with Gasteiger partial charge in [-0.15, -0.1) is 5.06 Å². The van der Waals surface area contributed by atoms with Gasteiger partial charge in [-0.3, -0.25) is 14.6 Å². The lowest BCUT2D eigenvalue weighted by molar-refractivity contribution is -0.197.